The standard InChI is InChI=1S/C16H16BrF2NO/c1-9-4-11(17)2-3-14(9)16(21)15(8-20)10-5-12(18)7-13(19)6-10/h2-7,15-16,21H,8,20H2,1H3. The van der Waals surface area contributed by atoms with Crippen LogP contribution in [0.3, 0.4) is 0 Å². The number of hydrogen-bond acceptors (Lipinski definition) is 2. The Hall–Kier alpha value is -1.30. The zero-order valence-corrected chi connectivity index (χ0v) is 13.1. The number of aryl methyl sites for hydroxylation is 1. The van der Waals surface area contributed by atoms with Crippen molar-refractivity contribution in [2.45, 2.75) is 18.9 Å². The SMILES string of the molecule is Cc1cc(Br)ccc1C(O)C(CN)c1cc(F)cc(F)c1. The molecule has 0 saturated carbocycles. The Balaban J connectivity index is 2.40. The van der Waals surface area contributed by atoms with E-state index in [1.165, 1.54) is 12.1 Å². The minimum absolute atomic E-state index is 0.0829. The Morgan fingerprint density at radius 2 is 1.76 bits per heavy atom. The summed E-state index contributed by atoms with van der Waals surface area (Å²) in [6.45, 7) is 1.95. The summed E-state index contributed by atoms with van der Waals surface area (Å²) in [5.41, 5.74) is 7.64. The van der Waals surface area contributed by atoms with Gasteiger partial charge in [0.2, 0.25) is 0 Å². The molecule has 0 aliphatic heterocycles. The van der Waals surface area contributed by atoms with Crippen LogP contribution in [0, 0.1) is 18.6 Å². The molecule has 0 spiro atoms. The van der Waals surface area contributed by atoms with Crippen LogP contribution in [0.4, 0.5) is 8.78 Å². The van der Waals surface area contributed by atoms with Gasteiger partial charge in [0, 0.05) is 23.0 Å². The molecular weight excluding hydrogens is 340 g/mol. The van der Waals surface area contributed by atoms with E-state index in [1.807, 2.05) is 19.1 Å². The Kier molecular flexibility index (Phi) is 5.08. The quantitative estimate of drug-likeness (QED) is 0.875. The van der Waals surface area contributed by atoms with Crippen LogP contribution in [0.1, 0.15) is 28.7 Å². The fraction of sp³-hybridized carbons (Fsp3) is 0.250. The van der Waals surface area contributed by atoms with Gasteiger partial charge in [-0.25, -0.2) is 8.78 Å². The van der Waals surface area contributed by atoms with Crippen LogP contribution < -0.4 is 5.73 Å². The molecule has 2 nitrogen and oxygen atoms in total. The van der Waals surface area contributed by atoms with Crippen LogP contribution in [-0.2, 0) is 0 Å². The van der Waals surface area contributed by atoms with Gasteiger partial charge in [-0.3, -0.25) is 0 Å². The van der Waals surface area contributed by atoms with E-state index >= 15 is 0 Å². The van der Waals surface area contributed by atoms with Gasteiger partial charge < -0.3 is 10.8 Å². The molecule has 0 saturated heterocycles. The lowest BCUT2D eigenvalue weighted by molar-refractivity contribution is 0.146. The number of aliphatic hydroxyl groups is 1. The van der Waals surface area contributed by atoms with Gasteiger partial charge >= 0.3 is 0 Å². The first-order chi connectivity index (χ1) is 9.92. The van der Waals surface area contributed by atoms with Gasteiger partial charge in [0.05, 0.1) is 6.10 Å². The van der Waals surface area contributed by atoms with E-state index in [4.69, 9.17) is 5.73 Å². The Bertz CT molecular complexity index is 628. The van der Waals surface area contributed by atoms with Crippen molar-refractivity contribution < 1.29 is 13.9 Å². The van der Waals surface area contributed by atoms with E-state index in [1.54, 1.807) is 6.07 Å². The van der Waals surface area contributed by atoms with Crippen molar-refractivity contribution in [2.24, 2.45) is 5.73 Å². The topological polar surface area (TPSA) is 46.2 Å². The second-order valence-electron chi connectivity index (χ2n) is 4.99. The van der Waals surface area contributed by atoms with Gasteiger partial charge in [-0.05, 0) is 47.9 Å². The molecule has 2 rings (SSSR count). The average Bonchev–Trinajstić information content (AvgIpc) is 2.38. The molecule has 2 atom stereocenters. The van der Waals surface area contributed by atoms with Gasteiger partial charge in [0.15, 0.2) is 0 Å². The number of rotatable bonds is 4. The molecular formula is C16H16BrF2NO. The highest BCUT2D eigenvalue weighted by Gasteiger charge is 2.24. The lowest BCUT2D eigenvalue weighted by Gasteiger charge is -2.24. The van der Waals surface area contributed by atoms with Crippen LogP contribution >= 0.6 is 15.9 Å². The number of aliphatic hydroxyl groups excluding tert-OH is 1. The normalized spacial score (nSPS) is 14.0. The molecule has 0 radical (unpaired) electrons. The second kappa shape index (κ2) is 6.64. The summed E-state index contributed by atoms with van der Waals surface area (Å²) in [6.07, 6.45) is -0.927. The Morgan fingerprint density at radius 1 is 1.14 bits per heavy atom. The maximum atomic E-state index is 13.4. The molecule has 0 aliphatic carbocycles. The van der Waals surface area contributed by atoms with Gasteiger partial charge in [-0.2, -0.15) is 0 Å². The third-order valence-corrected chi connectivity index (χ3v) is 3.99. The van der Waals surface area contributed by atoms with E-state index in [9.17, 15) is 13.9 Å². The summed E-state index contributed by atoms with van der Waals surface area (Å²) in [5, 5.41) is 10.5. The van der Waals surface area contributed by atoms with E-state index in [0.29, 0.717) is 11.1 Å². The van der Waals surface area contributed by atoms with Crippen LogP contribution in [0.2, 0.25) is 0 Å². The van der Waals surface area contributed by atoms with Crippen molar-refractivity contribution in [1.82, 2.24) is 0 Å². The minimum Gasteiger partial charge on any atom is -0.388 e. The molecule has 21 heavy (non-hydrogen) atoms. The van der Waals surface area contributed by atoms with E-state index in [2.05, 4.69) is 15.9 Å². The number of hydrogen-bond donors (Lipinski definition) is 2. The van der Waals surface area contributed by atoms with Crippen molar-refractivity contribution in [2.75, 3.05) is 6.54 Å². The summed E-state index contributed by atoms with van der Waals surface area (Å²) >= 11 is 3.36. The highest BCUT2D eigenvalue weighted by Crippen LogP contribution is 2.33. The zero-order valence-electron chi connectivity index (χ0n) is 11.5. The first-order valence-corrected chi connectivity index (χ1v) is 7.32. The van der Waals surface area contributed by atoms with Gasteiger partial charge in [-0.1, -0.05) is 22.0 Å². The molecule has 0 fully saturated rings. The van der Waals surface area contributed by atoms with Crippen molar-refractivity contribution in [3.05, 3.63) is 69.2 Å². The molecule has 2 aromatic carbocycles. The monoisotopic (exact) mass is 355 g/mol. The molecule has 0 amide bonds. The van der Waals surface area contributed by atoms with Crippen molar-refractivity contribution in [3.63, 3.8) is 0 Å². The van der Waals surface area contributed by atoms with E-state index in [0.717, 1.165) is 16.1 Å². The third kappa shape index (κ3) is 3.67. The minimum atomic E-state index is -0.927. The van der Waals surface area contributed by atoms with E-state index < -0.39 is 23.7 Å². The summed E-state index contributed by atoms with van der Waals surface area (Å²) < 4.78 is 27.6. The zero-order chi connectivity index (χ0) is 15.6. The lowest BCUT2D eigenvalue weighted by Crippen LogP contribution is -2.21. The Labute approximate surface area is 130 Å². The summed E-state index contributed by atoms with van der Waals surface area (Å²) in [4.78, 5) is 0. The second-order valence-corrected chi connectivity index (χ2v) is 5.91. The summed E-state index contributed by atoms with van der Waals surface area (Å²) in [5.74, 6) is -1.93. The molecule has 3 N–H and O–H groups in total. The van der Waals surface area contributed by atoms with Gasteiger partial charge in [-0.15, -0.1) is 0 Å². The fourth-order valence-corrected chi connectivity index (χ4v) is 2.90. The highest BCUT2D eigenvalue weighted by molar-refractivity contribution is 9.10. The van der Waals surface area contributed by atoms with Crippen molar-refractivity contribution in [1.29, 1.82) is 0 Å². The summed E-state index contributed by atoms with van der Waals surface area (Å²) in [7, 11) is 0. The molecule has 5 heteroatoms. The molecule has 0 heterocycles. The first kappa shape index (κ1) is 16.1. The van der Waals surface area contributed by atoms with Crippen LogP contribution in [-0.4, -0.2) is 11.7 Å². The molecule has 112 valence electrons. The van der Waals surface area contributed by atoms with Gasteiger partial charge in [0.1, 0.15) is 11.6 Å². The smallest absolute Gasteiger partial charge is 0.126 e. The predicted octanol–water partition coefficient (Wildman–Crippen LogP) is 3.81. The third-order valence-electron chi connectivity index (χ3n) is 3.50. The highest BCUT2D eigenvalue weighted by atomic mass is 79.9. The molecule has 0 aromatic heterocycles. The first-order valence-electron chi connectivity index (χ1n) is 6.52. The van der Waals surface area contributed by atoms with E-state index in [-0.39, 0.29) is 6.54 Å². The van der Waals surface area contributed by atoms with Crippen molar-refractivity contribution in [3.8, 4) is 0 Å². The molecule has 0 bridgehead atoms. The number of benzene rings is 2. The Morgan fingerprint density at radius 3 is 2.29 bits per heavy atom. The fourth-order valence-electron chi connectivity index (χ4n) is 2.42. The predicted molar refractivity (Wildman–Crippen MR) is 82.0 cm³/mol. The van der Waals surface area contributed by atoms with Crippen LogP contribution in [0.25, 0.3) is 0 Å². The van der Waals surface area contributed by atoms with Crippen LogP contribution in [0.15, 0.2) is 40.9 Å². The lowest BCUT2D eigenvalue weighted by atomic mass is 9.87. The largest absolute Gasteiger partial charge is 0.388 e. The molecule has 0 aliphatic rings. The number of halogens is 3. The van der Waals surface area contributed by atoms with Crippen LogP contribution in [0.5, 0.6) is 0 Å². The maximum absolute atomic E-state index is 13.4. The molecule has 2 aromatic rings. The van der Waals surface area contributed by atoms with Gasteiger partial charge in [0.25, 0.3) is 0 Å². The van der Waals surface area contributed by atoms with Crippen molar-refractivity contribution >= 4 is 15.9 Å². The molecule has 2 unspecified atom stereocenters. The maximum Gasteiger partial charge on any atom is 0.126 e. The number of nitrogens with two attached hydrogens (primary N) is 1. The average molecular weight is 356 g/mol. The summed E-state index contributed by atoms with van der Waals surface area (Å²) in [6, 6.07) is 8.68.